The molecule has 6 heteroatoms. The predicted octanol–water partition coefficient (Wildman–Crippen LogP) is 1.34. The van der Waals surface area contributed by atoms with Crippen molar-refractivity contribution in [1.29, 1.82) is 0 Å². The van der Waals surface area contributed by atoms with Gasteiger partial charge < -0.3 is 10.1 Å². The first-order valence-electron chi connectivity index (χ1n) is 5.76. The maximum atomic E-state index is 12.7. The van der Waals surface area contributed by atoms with Crippen LogP contribution < -0.4 is 10.1 Å². The third-order valence-electron chi connectivity index (χ3n) is 3.81. The molecule has 0 bridgehead atoms. The number of nitrogens with one attached hydrogen (secondary N) is 1. The van der Waals surface area contributed by atoms with Gasteiger partial charge in [-0.3, -0.25) is 4.79 Å². The van der Waals surface area contributed by atoms with Crippen LogP contribution in [0.1, 0.15) is 19.3 Å². The molecule has 1 heterocycles. The minimum atomic E-state index is -3.67. The number of methoxy groups -OCH3 is 1. The third-order valence-corrected chi connectivity index (χ3v) is 6.39. The molecule has 96 valence electrons. The highest BCUT2D eigenvalue weighted by molar-refractivity contribution is 7.94. The summed E-state index contributed by atoms with van der Waals surface area (Å²) in [4.78, 5) is 12.2. The van der Waals surface area contributed by atoms with E-state index in [-0.39, 0.29) is 4.90 Å². The lowest BCUT2D eigenvalue weighted by Crippen LogP contribution is -2.57. The Kier molecular flexibility index (Phi) is 2.22. The Labute approximate surface area is 105 Å². The average molecular weight is 267 g/mol. The molecule has 0 unspecified atom stereocenters. The van der Waals surface area contributed by atoms with Gasteiger partial charge >= 0.3 is 0 Å². The normalized spacial score (nSPS) is 22.8. The summed E-state index contributed by atoms with van der Waals surface area (Å²) >= 11 is 0. The number of carbonyl (C=O) groups is 1. The Morgan fingerprint density at radius 3 is 2.61 bits per heavy atom. The van der Waals surface area contributed by atoms with E-state index >= 15 is 0 Å². The van der Waals surface area contributed by atoms with Gasteiger partial charge in [-0.25, -0.2) is 8.42 Å². The Morgan fingerprint density at radius 2 is 2.06 bits per heavy atom. The molecule has 0 saturated heterocycles. The van der Waals surface area contributed by atoms with Crippen LogP contribution in [-0.4, -0.2) is 26.2 Å². The first kappa shape index (κ1) is 11.5. The van der Waals surface area contributed by atoms with Gasteiger partial charge in [-0.1, -0.05) is 6.07 Å². The van der Waals surface area contributed by atoms with E-state index in [0.29, 0.717) is 24.3 Å². The summed E-state index contributed by atoms with van der Waals surface area (Å²) < 4.78 is 29.2. The van der Waals surface area contributed by atoms with E-state index in [4.69, 9.17) is 4.74 Å². The fourth-order valence-electron chi connectivity index (χ4n) is 2.60. The van der Waals surface area contributed by atoms with E-state index in [1.807, 2.05) is 0 Å². The van der Waals surface area contributed by atoms with Crippen LogP contribution in [0.3, 0.4) is 0 Å². The number of hydrogen-bond acceptors (Lipinski definition) is 4. The third kappa shape index (κ3) is 1.16. The van der Waals surface area contributed by atoms with Crippen LogP contribution in [0, 0.1) is 0 Å². The molecule has 1 N–H and O–H groups in total. The highest BCUT2D eigenvalue weighted by Crippen LogP contribution is 2.50. The number of fused-ring (bicyclic) bond motifs is 1. The smallest absolute Gasteiger partial charge is 0.246 e. The molecule has 0 radical (unpaired) electrons. The van der Waals surface area contributed by atoms with E-state index in [9.17, 15) is 13.2 Å². The van der Waals surface area contributed by atoms with Crippen LogP contribution >= 0.6 is 0 Å². The summed E-state index contributed by atoms with van der Waals surface area (Å²) in [6.07, 6.45) is 1.54. The van der Waals surface area contributed by atoms with Gasteiger partial charge in [-0.2, -0.15) is 0 Å². The van der Waals surface area contributed by atoms with Crippen molar-refractivity contribution < 1.29 is 17.9 Å². The van der Waals surface area contributed by atoms with E-state index in [1.54, 1.807) is 18.2 Å². The summed E-state index contributed by atoms with van der Waals surface area (Å²) in [5.41, 5.74) is 0.317. The summed E-state index contributed by atoms with van der Waals surface area (Å²) in [5.74, 6) is -0.117. The van der Waals surface area contributed by atoms with Crippen LogP contribution in [0.25, 0.3) is 0 Å². The quantitative estimate of drug-likeness (QED) is 0.833. The summed E-state index contributed by atoms with van der Waals surface area (Å²) in [6, 6.07) is 4.84. The van der Waals surface area contributed by atoms with Gasteiger partial charge in [0.25, 0.3) is 0 Å². The van der Waals surface area contributed by atoms with Crippen molar-refractivity contribution in [1.82, 2.24) is 0 Å². The highest BCUT2D eigenvalue weighted by Gasteiger charge is 2.59. The lowest BCUT2D eigenvalue weighted by Gasteiger charge is -2.42. The maximum Gasteiger partial charge on any atom is 0.246 e. The zero-order valence-electron chi connectivity index (χ0n) is 9.89. The first-order chi connectivity index (χ1) is 8.53. The van der Waals surface area contributed by atoms with Crippen molar-refractivity contribution in [2.24, 2.45) is 0 Å². The van der Waals surface area contributed by atoms with Gasteiger partial charge in [0, 0.05) is 0 Å². The number of benzene rings is 1. The second-order valence-electron chi connectivity index (χ2n) is 4.64. The Balaban J connectivity index is 2.31. The topological polar surface area (TPSA) is 72.5 Å². The molecule has 1 aromatic rings. The molecule has 1 aliphatic carbocycles. The molecule has 1 aliphatic heterocycles. The Bertz CT molecular complexity index is 631. The molecule has 0 atom stereocenters. The molecule has 1 aromatic carbocycles. The molecule has 2 aliphatic rings. The van der Waals surface area contributed by atoms with E-state index in [0.717, 1.165) is 6.42 Å². The molecule has 1 saturated carbocycles. The van der Waals surface area contributed by atoms with Crippen molar-refractivity contribution in [2.75, 3.05) is 12.4 Å². The molecule has 1 amide bonds. The molecule has 1 spiro atoms. The standard InChI is InChI=1S/C12H13NO4S/c1-17-9-5-2-4-8-10(9)18(15,16)12(6-3-7-12)11(14)13-8/h2,4-5H,3,6-7H2,1H3,(H,13,14). The van der Waals surface area contributed by atoms with Gasteiger partial charge in [0.2, 0.25) is 5.91 Å². The fraction of sp³-hybridized carbons (Fsp3) is 0.417. The maximum absolute atomic E-state index is 12.7. The van der Waals surface area contributed by atoms with Crippen molar-refractivity contribution in [3.63, 3.8) is 0 Å². The number of rotatable bonds is 1. The number of hydrogen-bond donors (Lipinski definition) is 1. The van der Waals surface area contributed by atoms with E-state index in [2.05, 4.69) is 5.32 Å². The fourth-order valence-corrected chi connectivity index (χ4v) is 4.94. The Morgan fingerprint density at radius 1 is 1.33 bits per heavy atom. The van der Waals surface area contributed by atoms with Gasteiger partial charge in [-0.05, 0) is 31.4 Å². The number of sulfone groups is 1. The average Bonchev–Trinajstić information content (AvgIpc) is 2.25. The van der Waals surface area contributed by atoms with Crippen LogP contribution in [0.5, 0.6) is 5.75 Å². The predicted molar refractivity (Wildman–Crippen MR) is 65.4 cm³/mol. The number of anilines is 1. The van der Waals surface area contributed by atoms with Crippen LogP contribution in [0.2, 0.25) is 0 Å². The van der Waals surface area contributed by atoms with Gasteiger partial charge in [0.15, 0.2) is 14.6 Å². The first-order valence-corrected chi connectivity index (χ1v) is 7.24. The second-order valence-corrected chi connectivity index (χ2v) is 6.84. The molecule has 0 aromatic heterocycles. The van der Waals surface area contributed by atoms with Gasteiger partial charge in [0.1, 0.15) is 10.6 Å². The zero-order valence-corrected chi connectivity index (χ0v) is 10.7. The zero-order chi connectivity index (χ0) is 13.0. The highest BCUT2D eigenvalue weighted by atomic mass is 32.2. The summed E-state index contributed by atoms with van der Waals surface area (Å²) in [7, 11) is -2.25. The molecular formula is C12H13NO4S. The summed E-state index contributed by atoms with van der Waals surface area (Å²) in [5, 5.41) is 2.68. The van der Waals surface area contributed by atoms with Crippen LogP contribution in [0.4, 0.5) is 5.69 Å². The van der Waals surface area contributed by atoms with Gasteiger partial charge in [-0.15, -0.1) is 0 Å². The lowest BCUT2D eigenvalue weighted by molar-refractivity contribution is -0.120. The van der Waals surface area contributed by atoms with Crippen LogP contribution in [-0.2, 0) is 14.6 Å². The molecule has 3 rings (SSSR count). The second kappa shape index (κ2) is 3.47. The van der Waals surface area contributed by atoms with E-state index in [1.165, 1.54) is 7.11 Å². The van der Waals surface area contributed by atoms with Crippen molar-refractivity contribution in [3.05, 3.63) is 18.2 Å². The minimum absolute atomic E-state index is 0.117. The molecule has 5 nitrogen and oxygen atoms in total. The number of ether oxygens (including phenoxy) is 1. The molecule has 1 fully saturated rings. The minimum Gasteiger partial charge on any atom is -0.495 e. The van der Waals surface area contributed by atoms with Crippen molar-refractivity contribution in [2.45, 2.75) is 28.9 Å². The van der Waals surface area contributed by atoms with Crippen molar-refractivity contribution >= 4 is 21.4 Å². The molecule has 18 heavy (non-hydrogen) atoms. The van der Waals surface area contributed by atoms with Crippen molar-refractivity contribution in [3.8, 4) is 5.75 Å². The Hall–Kier alpha value is -1.56. The van der Waals surface area contributed by atoms with Crippen LogP contribution in [0.15, 0.2) is 23.1 Å². The molecular weight excluding hydrogens is 254 g/mol. The monoisotopic (exact) mass is 267 g/mol. The van der Waals surface area contributed by atoms with E-state index < -0.39 is 20.5 Å². The summed E-state index contributed by atoms with van der Waals surface area (Å²) in [6.45, 7) is 0. The van der Waals surface area contributed by atoms with Gasteiger partial charge in [0.05, 0.1) is 12.8 Å². The number of carbonyl (C=O) groups excluding carboxylic acids is 1. The number of amides is 1. The lowest BCUT2D eigenvalue weighted by atomic mass is 9.83. The largest absolute Gasteiger partial charge is 0.495 e. The SMILES string of the molecule is COc1cccc2c1S(=O)(=O)C1(CCC1)C(=O)N2.